The molecule has 1 aliphatic rings. The van der Waals surface area contributed by atoms with E-state index < -0.39 is 21.8 Å². The summed E-state index contributed by atoms with van der Waals surface area (Å²) in [6.45, 7) is 8.68. The summed E-state index contributed by atoms with van der Waals surface area (Å²) in [6, 6.07) is 29.4. The number of hydrazine groups is 1. The van der Waals surface area contributed by atoms with E-state index in [0.717, 1.165) is 30.4 Å². The van der Waals surface area contributed by atoms with Crippen molar-refractivity contribution < 1.29 is 22.8 Å². The van der Waals surface area contributed by atoms with Crippen LogP contribution in [0.5, 0.6) is 0 Å². The largest absolute Gasteiger partial charge is 0.345 e. The maximum Gasteiger partial charge on any atom is 0.327 e. The van der Waals surface area contributed by atoms with Gasteiger partial charge in [0.05, 0.1) is 21.6 Å². The second-order valence-corrected chi connectivity index (χ2v) is 17.8. The minimum atomic E-state index is -4.01. The summed E-state index contributed by atoms with van der Waals surface area (Å²) in [5.41, 5.74) is 8.31. The molecule has 1 atom stereocenters. The lowest BCUT2D eigenvalue weighted by atomic mass is 9.63. The van der Waals surface area contributed by atoms with Gasteiger partial charge in [-0.2, -0.15) is 0 Å². The van der Waals surface area contributed by atoms with Gasteiger partial charge in [-0.15, -0.1) is 11.8 Å². The first kappa shape index (κ1) is 38.7. The number of thioether (sulfide) groups is 1. The van der Waals surface area contributed by atoms with Crippen LogP contribution in [0.2, 0.25) is 5.02 Å². The summed E-state index contributed by atoms with van der Waals surface area (Å²) in [5.74, 6) is -1.70. The third-order valence-electron chi connectivity index (χ3n) is 8.64. The Morgan fingerprint density at radius 1 is 0.769 bits per heavy atom. The van der Waals surface area contributed by atoms with Crippen molar-refractivity contribution in [2.75, 3.05) is 21.2 Å². The number of carbonyl (C=O) groups excluding carboxylic acids is 3. The molecule has 0 aromatic heterocycles. The summed E-state index contributed by atoms with van der Waals surface area (Å²) in [4.78, 5) is 38.1. The molecule has 0 radical (unpaired) electrons. The van der Waals surface area contributed by atoms with E-state index in [0.29, 0.717) is 16.4 Å². The third kappa shape index (κ3) is 11.0. The molecule has 0 bridgehead atoms. The molecule has 13 heteroatoms. The lowest BCUT2D eigenvalue weighted by molar-refractivity contribution is -0.139. The smallest absolute Gasteiger partial charge is 0.327 e. The quantitative estimate of drug-likeness (QED) is 0.0733. The van der Waals surface area contributed by atoms with Crippen LogP contribution >= 0.6 is 23.4 Å². The van der Waals surface area contributed by atoms with E-state index in [9.17, 15) is 22.8 Å². The maximum absolute atomic E-state index is 13.3. The third-order valence-corrected chi connectivity index (χ3v) is 11.6. The van der Waals surface area contributed by atoms with Crippen LogP contribution in [0.1, 0.15) is 63.3 Å². The van der Waals surface area contributed by atoms with Gasteiger partial charge in [-0.25, -0.2) is 8.42 Å². The Morgan fingerprint density at radius 2 is 1.38 bits per heavy atom. The molecule has 5 rings (SSSR count). The Morgan fingerprint density at radius 3 is 2.04 bits per heavy atom. The molecule has 1 aliphatic carbocycles. The Hall–Kier alpha value is -4.52. The molecule has 10 nitrogen and oxygen atoms in total. The van der Waals surface area contributed by atoms with Crippen LogP contribution in [0.15, 0.2) is 108 Å². The van der Waals surface area contributed by atoms with Crippen LogP contribution in [0.25, 0.3) is 0 Å². The lowest BCUT2D eigenvalue weighted by Crippen LogP contribution is -2.50. The minimum Gasteiger partial charge on any atom is -0.345 e. The number of hydrogen-bond acceptors (Lipinski definition) is 7. The van der Waals surface area contributed by atoms with Crippen molar-refractivity contribution in [2.45, 2.75) is 63.1 Å². The Bertz CT molecular complexity index is 1970. The SMILES string of the molecule is CC1(C)CC(NC(=O)C(=O)NNc2ccc(NS(=O)(=O)c3cccc(NC(=O)CSC(c4ccccc4)c4ccc(Cl)cc4)c3)cc2)CC(C)(C)C1. The predicted octanol–water partition coefficient (Wildman–Crippen LogP) is 7.77. The van der Waals surface area contributed by atoms with Gasteiger partial charge in [0.25, 0.3) is 10.0 Å². The first-order valence-electron chi connectivity index (χ1n) is 16.9. The zero-order chi connectivity index (χ0) is 37.5. The molecule has 52 heavy (non-hydrogen) atoms. The standard InChI is InChI=1S/C39H44ClN5O5S2/c1-38(2)22-32(23-39(3,4)25-38)42-36(47)37(48)44-43-29-17-19-30(20-18-29)45-52(49,50)33-12-8-11-31(21-33)41-34(46)24-51-35(26-9-6-5-7-10-26)27-13-15-28(40)16-14-27/h5-21,32,35,43,45H,22-25H2,1-4H3,(H,41,46)(H,42,47)(H,44,48). The Labute approximate surface area is 314 Å². The van der Waals surface area contributed by atoms with Crippen molar-refractivity contribution in [3.8, 4) is 0 Å². The van der Waals surface area contributed by atoms with Crippen molar-refractivity contribution >= 4 is 68.2 Å². The number of anilines is 3. The van der Waals surface area contributed by atoms with Crippen LogP contribution in [-0.4, -0.2) is 37.9 Å². The number of hydrogen-bond donors (Lipinski definition) is 5. The second kappa shape index (κ2) is 16.4. The molecule has 0 heterocycles. The van der Waals surface area contributed by atoms with Gasteiger partial charge < -0.3 is 10.6 Å². The molecule has 1 fully saturated rings. The predicted molar refractivity (Wildman–Crippen MR) is 210 cm³/mol. The number of sulfonamides is 1. The van der Waals surface area contributed by atoms with Crippen LogP contribution in [0, 0.1) is 10.8 Å². The fourth-order valence-corrected chi connectivity index (χ4v) is 9.29. The monoisotopic (exact) mass is 761 g/mol. The van der Waals surface area contributed by atoms with Gasteiger partial charge in [0.2, 0.25) is 5.91 Å². The van der Waals surface area contributed by atoms with E-state index in [1.54, 1.807) is 24.3 Å². The molecule has 0 aliphatic heterocycles. The first-order chi connectivity index (χ1) is 24.6. The molecule has 4 aromatic carbocycles. The molecular formula is C39H44ClN5O5S2. The molecular weight excluding hydrogens is 718 g/mol. The van der Waals surface area contributed by atoms with Crippen LogP contribution < -0.4 is 26.2 Å². The van der Waals surface area contributed by atoms with Crippen LogP contribution in [-0.2, 0) is 24.4 Å². The zero-order valence-electron chi connectivity index (χ0n) is 29.5. The number of rotatable bonds is 12. The van der Waals surface area contributed by atoms with Crippen molar-refractivity contribution in [2.24, 2.45) is 10.8 Å². The molecule has 0 spiro atoms. The molecule has 1 saturated carbocycles. The van der Waals surface area contributed by atoms with Crippen molar-refractivity contribution in [1.82, 2.24) is 10.7 Å². The fraction of sp³-hybridized carbons (Fsp3) is 0.308. The van der Waals surface area contributed by atoms with Gasteiger partial charge in [-0.3, -0.25) is 30.0 Å². The number of carbonyl (C=O) groups is 3. The lowest BCUT2D eigenvalue weighted by Gasteiger charge is -2.45. The van der Waals surface area contributed by atoms with Gasteiger partial charge >= 0.3 is 11.8 Å². The Kier molecular flexibility index (Phi) is 12.2. The fourth-order valence-electron chi connectivity index (χ4n) is 6.97. The molecule has 1 unspecified atom stereocenters. The highest BCUT2D eigenvalue weighted by Gasteiger charge is 2.39. The summed E-state index contributed by atoms with van der Waals surface area (Å²) in [7, 11) is -4.01. The van der Waals surface area contributed by atoms with Crippen molar-refractivity contribution in [1.29, 1.82) is 0 Å². The molecule has 0 saturated heterocycles. The normalized spacial score (nSPS) is 15.9. The topological polar surface area (TPSA) is 146 Å². The van der Waals surface area contributed by atoms with Gasteiger partial charge in [0.15, 0.2) is 0 Å². The van der Waals surface area contributed by atoms with E-state index in [1.165, 1.54) is 36.0 Å². The summed E-state index contributed by atoms with van der Waals surface area (Å²) >= 11 is 7.55. The highest BCUT2D eigenvalue weighted by atomic mass is 35.5. The van der Waals surface area contributed by atoms with E-state index in [4.69, 9.17) is 11.6 Å². The van der Waals surface area contributed by atoms with E-state index in [-0.39, 0.29) is 44.4 Å². The van der Waals surface area contributed by atoms with E-state index >= 15 is 0 Å². The van der Waals surface area contributed by atoms with E-state index in [2.05, 4.69) is 53.9 Å². The average Bonchev–Trinajstić information content (AvgIpc) is 3.07. The summed E-state index contributed by atoms with van der Waals surface area (Å²) < 4.78 is 29.0. The molecule has 274 valence electrons. The van der Waals surface area contributed by atoms with Crippen LogP contribution in [0.4, 0.5) is 17.1 Å². The van der Waals surface area contributed by atoms with Crippen molar-refractivity contribution in [3.63, 3.8) is 0 Å². The van der Waals surface area contributed by atoms with Crippen molar-refractivity contribution in [3.05, 3.63) is 119 Å². The van der Waals surface area contributed by atoms with Gasteiger partial charge in [0, 0.05) is 22.4 Å². The second-order valence-electron chi connectivity index (χ2n) is 14.6. The number of benzene rings is 4. The highest BCUT2D eigenvalue weighted by Crippen LogP contribution is 2.45. The highest BCUT2D eigenvalue weighted by molar-refractivity contribution is 8.00. The summed E-state index contributed by atoms with van der Waals surface area (Å²) in [5, 5.41) is 6.19. The Balaban J connectivity index is 1.13. The number of amides is 3. The van der Waals surface area contributed by atoms with Gasteiger partial charge in [-0.05, 0) is 95.8 Å². The zero-order valence-corrected chi connectivity index (χ0v) is 31.9. The summed E-state index contributed by atoms with van der Waals surface area (Å²) in [6.07, 6.45) is 2.62. The van der Waals surface area contributed by atoms with Crippen LogP contribution in [0.3, 0.4) is 0 Å². The maximum atomic E-state index is 13.3. The molecule has 4 aromatic rings. The molecule has 5 N–H and O–H groups in total. The van der Waals surface area contributed by atoms with Gasteiger partial charge in [0.1, 0.15) is 0 Å². The van der Waals surface area contributed by atoms with Gasteiger partial charge in [-0.1, -0.05) is 87.8 Å². The average molecular weight is 762 g/mol. The van der Waals surface area contributed by atoms with E-state index in [1.807, 2.05) is 54.6 Å². The molecule has 3 amide bonds. The minimum absolute atomic E-state index is 0.0357. The number of nitrogens with one attached hydrogen (secondary N) is 5. The first-order valence-corrected chi connectivity index (χ1v) is 19.8. The number of halogens is 1.